The normalized spacial score (nSPS) is 8.46. The number of hydrogen-bond acceptors (Lipinski definition) is 5. The SMILES string of the molecule is C=C(C)C(=O)O.C=C(C)C(=O)OC.C=C(C)C(=O)OCc1ccccc1. The van der Waals surface area contributed by atoms with E-state index >= 15 is 0 Å². The van der Waals surface area contributed by atoms with E-state index < -0.39 is 5.97 Å². The third kappa shape index (κ3) is 14.4. The molecule has 0 aliphatic rings. The fourth-order valence-electron chi connectivity index (χ4n) is 1.02. The van der Waals surface area contributed by atoms with Crippen molar-refractivity contribution in [3.63, 3.8) is 0 Å². The molecule has 0 spiro atoms. The molecule has 0 radical (unpaired) electrons. The summed E-state index contributed by atoms with van der Waals surface area (Å²) in [6.07, 6.45) is 0. The monoisotopic (exact) mass is 362 g/mol. The lowest BCUT2D eigenvalue weighted by atomic mass is 10.2. The van der Waals surface area contributed by atoms with Crippen LogP contribution in [-0.2, 0) is 30.5 Å². The van der Waals surface area contributed by atoms with Crippen LogP contribution in [-0.4, -0.2) is 30.1 Å². The number of carbonyl (C=O) groups is 3. The Morgan fingerprint density at radius 3 is 1.58 bits per heavy atom. The number of carboxylic acid groups (broad SMARTS) is 1. The Morgan fingerprint density at radius 1 is 0.885 bits per heavy atom. The third-order valence-electron chi connectivity index (χ3n) is 2.46. The Hall–Kier alpha value is -3.15. The summed E-state index contributed by atoms with van der Waals surface area (Å²) in [6, 6.07) is 9.55. The highest BCUT2D eigenvalue weighted by Gasteiger charge is 2.02. The average molecular weight is 362 g/mol. The fourth-order valence-corrected chi connectivity index (χ4v) is 1.02. The van der Waals surface area contributed by atoms with Gasteiger partial charge in [-0.25, -0.2) is 14.4 Å². The minimum absolute atomic E-state index is 0.176. The van der Waals surface area contributed by atoms with Gasteiger partial charge in [0.1, 0.15) is 6.61 Å². The van der Waals surface area contributed by atoms with Crippen LogP contribution in [0.2, 0.25) is 0 Å². The predicted octanol–water partition coefficient (Wildman–Crippen LogP) is 3.69. The van der Waals surface area contributed by atoms with Crippen LogP contribution in [0, 0.1) is 0 Å². The number of rotatable bonds is 5. The van der Waals surface area contributed by atoms with E-state index in [1.54, 1.807) is 13.8 Å². The maximum atomic E-state index is 11.0. The maximum Gasteiger partial charge on any atom is 0.333 e. The summed E-state index contributed by atoms with van der Waals surface area (Å²) in [6.45, 7) is 15.0. The molecule has 0 atom stereocenters. The molecule has 0 heterocycles. The van der Waals surface area contributed by atoms with E-state index in [0.717, 1.165) is 5.56 Å². The molecule has 0 amide bonds. The molecule has 6 nitrogen and oxygen atoms in total. The fraction of sp³-hybridized carbons (Fsp3) is 0.250. The predicted molar refractivity (Wildman–Crippen MR) is 100 cm³/mol. The van der Waals surface area contributed by atoms with Crippen LogP contribution in [0.1, 0.15) is 26.3 Å². The largest absolute Gasteiger partial charge is 0.478 e. The van der Waals surface area contributed by atoms with Gasteiger partial charge in [-0.1, -0.05) is 50.1 Å². The molecule has 1 N–H and O–H groups in total. The smallest absolute Gasteiger partial charge is 0.333 e. The Balaban J connectivity index is 0. The number of ether oxygens (including phenoxy) is 2. The van der Waals surface area contributed by atoms with Crippen molar-refractivity contribution in [2.24, 2.45) is 0 Å². The molecule has 0 aliphatic heterocycles. The van der Waals surface area contributed by atoms with Crippen LogP contribution in [0.5, 0.6) is 0 Å². The Kier molecular flexibility index (Phi) is 13.7. The molecule has 1 aromatic carbocycles. The zero-order valence-electron chi connectivity index (χ0n) is 15.7. The van der Waals surface area contributed by atoms with Gasteiger partial charge < -0.3 is 14.6 Å². The second-order valence-electron chi connectivity index (χ2n) is 5.20. The summed E-state index contributed by atoms with van der Waals surface area (Å²) < 4.78 is 9.22. The van der Waals surface area contributed by atoms with Crippen molar-refractivity contribution in [1.29, 1.82) is 0 Å². The summed E-state index contributed by atoms with van der Waals surface area (Å²) in [5.41, 5.74) is 2.02. The third-order valence-corrected chi connectivity index (χ3v) is 2.46. The van der Waals surface area contributed by atoms with Gasteiger partial charge in [0.2, 0.25) is 0 Å². The van der Waals surface area contributed by atoms with E-state index in [0.29, 0.717) is 17.8 Å². The number of carbonyl (C=O) groups excluding carboxylic acids is 2. The molecule has 0 unspecified atom stereocenters. The van der Waals surface area contributed by atoms with Crippen LogP contribution >= 0.6 is 0 Å². The van der Waals surface area contributed by atoms with Crippen molar-refractivity contribution in [3.05, 3.63) is 72.4 Å². The van der Waals surface area contributed by atoms with E-state index in [9.17, 15) is 14.4 Å². The first-order valence-corrected chi connectivity index (χ1v) is 7.52. The molecular formula is C20H26O6. The van der Waals surface area contributed by atoms with Crippen LogP contribution in [0.4, 0.5) is 0 Å². The van der Waals surface area contributed by atoms with Crippen LogP contribution in [0.3, 0.4) is 0 Å². The van der Waals surface area contributed by atoms with Gasteiger partial charge in [-0.3, -0.25) is 0 Å². The highest BCUT2D eigenvalue weighted by Crippen LogP contribution is 2.02. The van der Waals surface area contributed by atoms with Crippen LogP contribution in [0.15, 0.2) is 66.8 Å². The van der Waals surface area contributed by atoms with Crippen LogP contribution in [0.25, 0.3) is 0 Å². The van der Waals surface area contributed by atoms with E-state index in [-0.39, 0.29) is 17.5 Å². The number of methoxy groups -OCH3 is 1. The number of carboxylic acids is 1. The Bertz CT molecular complexity index is 632. The standard InChI is InChI=1S/C11H12O2.C5H8O2.C4H6O2/c1-9(2)11(12)13-8-10-6-4-3-5-7-10;1-4(2)5(6)7-3;1-3(2)4(5)6/h3-7H,1,8H2,2H3;1H2,2-3H3;1H2,2H3,(H,5,6). The average Bonchev–Trinajstić information content (AvgIpc) is 2.60. The lowest BCUT2D eigenvalue weighted by Gasteiger charge is -2.03. The van der Waals surface area contributed by atoms with Gasteiger partial charge in [0, 0.05) is 16.7 Å². The van der Waals surface area contributed by atoms with Crippen LogP contribution < -0.4 is 0 Å². The molecule has 1 aromatic rings. The topological polar surface area (TPSA) is 89.9 Å². The summed E-state index contributed by atoms with van der Waals surface area (Å²) in [5, 5.41) is 7.89. The molecule has 0 aliphatic carbocycles. The maximum absolute atomic E-state index is 11.0. The number of esters is 2. The summed E-state index contributed by atoms with van der Waals surface area (Å²) >= 11 is 0. The number of aliphatic carboxylic acids is 1. The minimum atomic E-state index is -0.935. The lowest BCUT2D eigenvalue weighted by molar-refractivity contribution is -0.140. The molecular weight excluding hydrogens is 336 g/mol. The summed E-state index contributed by atoms with van der Waals surface area (Å²) in [7, 11) is 1.33. The number of hydrogen-bond donors (Lipinski definition) is 1. The molecule has 0 bridgehead atoms. The van der Waals surface area contributed by atoms with E-state index in [1.807, 2.05) is 30.3 Å². The molecule has 0 fully saturated rings. The van der Waals surface area contributed by atoms with Gasteiger partial charge >= 0.3 is 17.9 Å². The van der Waals surface area contributed by atoms with Crippen molar-refractivity contribution in [3.8, 4) is 0 Å². The molecule has 0 saturated heterocycles. The highest BCUT2D eigenvalue weighted by molar-refractivity contribution is 5.87. The van der Waals surface area contributed by atoms with Crippen molar-refractivity contribution in [1.82, 2.24) is 0 Å². The van der Waals surface area contributed by atoms with Crippen molar-refractivity contribution < 1.29 is 29.0 Å². The quantitative estimate of drug-likeness (QED) is 0.635. The van der Waals surface area contributed by atoms with Gasteiger partial charge in [-0.2, -0.15) is 0 Å². The Labute approximate surface area is 154 Å². The van der Waals surface area contributed by atoms with E-state index in [4.69, 9.17) is 9.84 Å². The van der Waals surface area contributed by atoms with E-state index in [1.165, 1.54) is 14.0 Å². The lowest BCUT2D eigenvalue weighted by Crippen LogP contribution is -2.04. The van der Waals surface area contributed by atoms with Crippen molar-refractivity contribution >= 4 is 17.9 Å². The molecule has 6 heteroatoms. The zero-order valence-corrected chi connectivity index (χ0v) is 15.7. The Morgan fingerprint density at radius 2 is 1.31 bits per heavy atom. The molecule has 0 saturated carbocycles. The van der Waals surface area contributed by atoms with Gasteiger partial charge in [0.15, 0.2) is 0 Å². The molecule has 26 heavy (non-hydrogen) atoms. The van der Waals surface area contributed by atoms with Gasteiger partial charge in [-0.15, -0.1) is 0 Å². The summed E-state index contributed by atoms with van der Waals surface area (Å²) in [4.78, 5) is 30.8. The minimum Gasteiger partial charge on any atom is -0.478 e. The molecule has 142 valence electrons. The van der Waals surface area contributed by atoms with Gasteiger partial charge in [0.05, 0.1) is 7.11 Å². The van der Waals surface area contributed by atoms with Crippen molar-refractivity contribution in [2.45, 2.75) is 27.4 Å². The number of benzene rings is 1. The zero-order chi connectivity index (χ0) is 20.7. The highest BCUT2D eigenvalue weighted by atomic mass is 16.5. The second-order valence-corrected chi connectivity index (χ2v) is 5.20. The first kappa shape index (κ1) is 25.1. The first-order valence-electron chi connectivity index (χ1n) is 7.52. The molecule has 0 aromatic heterocycles. The van der Waals surface area contributed by atoms with Gasteiger partial charge in [0.25, 0.3) is 0 Å². The molecule has 1 rings (SSSR count). The van der Waals surface area contributed by atoms with Gasteiger partial charge in [-0.05, 0) is 26.3 Å². The van der Waals surface area contributed by atoms with E-state index in [2.05, 4.69) is 24.5 Å². The second kappa shape index (κ2) is 14.2. The van der Waals surface area contributed by atoms with Crippen molar-refractivity contribution in [2.75, 3.05) is 7.11 Å². The first-order chi connectivity index (χ1) is 12.0. The summed E-state index contributed by atoms with van der Waals surface area (Å²) in [5.74, 6) is -1.63.